The van der Waals surface area contributed by atoms with E-state index >= 15 is 0 Å². The zero-order chi connectivity index (χ0) is 16.4. The molecule has 0 saturated carbocycles. The van der Waals surface area contributed by atoms with Crippen LogP contribution in [-0.4, -0.2) is 64.4 Å². The molecule has 1 amide bonds. The Balaban J connectivity index is 1.50. The van der Waals surface area contributed by atoms with Crippen molar-refractivity contribution in [1.82, 2.24) is 9.80 Å². The molecular weight excluding hydrogens is 316 g/mol. The molecule has 5 nitrogen and oxygen atoms in total. The number of piperidine rings is 1. The number of hydrogen-bond donors (Lipinski definition) is 2. The lowest BCUT2D eigenvalue weighted by Crippen LogP contribution is -2.47. The monoisotopic (exact) mass is 338 g/mol. The van der Waals surface area contributed by atoms with E-state index < -0.39 is 12.2 Å². The van der Waals surface area contributed by atoms with Crippen LogP contribution in [0.2, 0.25) is 5.02 Å². The van der Waals surface area contributed by atoms with Gasteiger partial charge in [-0.15, -0.1) is 0 Å². The van der Waals surface area contributed by atoms with Crippen LogP contribution in [0.3, 0.4) is 0 Å². The van der Waals surface area contributed by atoms with E-state index in [0.717, 1.165) is 37.4 Å². The van der Waals surface area contributed by atoms with Gasteiger partial charge in [0.05, 0.1) is 18.7 Å². The number of hydrogen-bond acceptors (Lipinski definition) is 3. The number of halogens is 1. The van der Waals surface area contributed by atoms with E-state index in [1.807, 2.05) is 12.1 Å². The zero-order valence-corrected chi connectivity index (χ0v) is 13.8. The number of carboxylic acid groups (broad SMARTS) is 1. The molecule has 1 aromatic carbocycles. The Labute approximate surface area is 141 Å². The first-order valence-corrected chi connectivity index (χ1v) is 8.55. The molecule has 126 valence electrons. The summed E-state index contributed by atoms with van der Waals surface area (Å²) in [7, 11) is 0. The molecule has 0 aliphatic carbocycles. The minimum atomic E-state index is -0.941. The van der Waals surface area contributed by atoms with Crippen molar-refractivity contribution in [2.24, 2.45) is 5.92 Å². The Hall–Kier alpha value is -1.30. The summed E-state index contributed by atoms with van der Waals surface area (Å²) in [6.07, 6.45) is 1.71. The van der Waals surface area contributed by atoms with Crippen LogP contribution in [0.15, 0.2) is 24.3 Å². The highest BCUT2D eigenvalue weighted by Gasteiger charge is 2.38. The molecule has 2 heterocycles. The van der Waals surface area contributed by atoms with Crippen molar-refractivity contribution in [3.63, 3.8) is 0 Å². The van der Waals surface area contributed by atoms with Crippen LogP contribution in [0.1, 0.15) is 18.4 Å². The van der Waals surface area contributed by atoms with E-state index in [2.05, 4.69) is 17.0 Å². The van der Waals surface area contributed by atoms with E-state index in [-0.39, 0.29) is 12.6 Å². The summed E-state index contributed by atoms with van der Waals surface area (Å²) in [6.45, 7) is 2.49. The van der Waals surface area contributed by atoms with Crippen molar-refractivity contribution in [1.29, 1.82) is 0 Å². The molecule has 0 spiro atoms. The number of benzene rings is 1. The molecule has 2 aliphatic heterocycles. The van der Waals surface area contributed by atoms with Crippen molar-refractivity contribution in [3.05, 3.63) is 34.9 Å². The summed E-state index contributed by atoms with van der Waals surface area (Å²) in [5.41, 5.74) is 1.31. The fraction of sp³-hybridized carbons (Fsp3) is 0.588. The van der Waals surface area contributed by atoms with Gasteiger partial charge in [-0.25, -0.2) is 4.79 Å². The Morgan fingerprint density at radius 3 is 2.39 bits per heavy atom. The Bertz CT molecular complexity index is 543. The molecule has 2 fully saturated rings. The van der Waals surface area contributed by atoms with Gasteiger partial charge in [0.25, 0.3) is 0 Å². The normalized spacial score (nSPS) is 26.6. The summed E-state index contributed by atoms with van der Waals surface area (Å²) in [4.78, 5) is 14.6. The highest BCUT2D eigenvalue weighted by molar-refractivity contribution is 6.30. The SMILES string of the molecule is O=C(O)N1C[C@@H](O)[C@H](N2CCC(Cc3ccc(Cl)cc3)CC2)C1. The molecule has 2 N–H and O–H groups in total. The molecule has 6 heteroatoms. The second-order valence-corrected chi connectivity index (χ2v) is 7.07. The summed E-state index contributed by atoms with van der Waals surface area (Å²) in [5.74, 6) is 0.640. The minimum absolute atomic E-state index is 0.0532. The summed E-state index contributed by atoms with van der Waals surface area (Å²) >= 11 is 5.92. The standard InChI is InChI=1S/C17H23ClN2O3/c18-14-3-1-12(2-4-14)9-13-5-7-19(8-6-13)15-10-20(17(22)23)11-16(15)21/h1-4,13,15-16,21H,5-11H2,(H,22,23)/t15-,16-/m1/s1. The number of carbonyl (C=O) groups is 1. The van der Waals surface area contributed by atoms with Gasteiger partial charge >= 0.3 is 6.09 Å². The second-order valence-electron chi connectivity index (χ2n) is 6.63. The van der Waals surface area contributed by atoms with Crippen molar-refractivity contribution in [2.45, 2.75) is 31.4 Å². The van der Waals surface area contributed by atoms with Crippen LogP contribution in [-0.2, 0) is 6.42 Å². The summed E-state index contributed by atoms with van der Waals surface area (Å²) < 4.78 is 0. The van der Waals surface area contributed by atoms with Gasteiger partial charge in [0.1, 0.15) is 0 Å². The Kier molecular flexibility index (Phi) is 5.09. The maximum absolute atomic E-state index is 11.0. The van der Waals surface area contributed by atoms with E-state index in [1.165, 1.54) is 10.5 Å². The number of aliphatic hydroxyl groups excluding tert-OH is 1. The molecule has 3 rings (SSSR count). The van der Waals surface area contributed by atoms with Gasteiger partial charge in [-0.2, -0.15) is 0 Å². The number of nitrogens with zero attached hydrogens (tertiary/aromatic N) is 2. The first kappa shape index (κ1) is 16.6. The molecule has 0 unspecified atom stereocenters. The lowest BCUT2D eigenvalue weighted by Gasteiger charge is -2.37. The van der Waals surface area contributed by atoms with Gasteiger partial charge in [0.2, 0.25) is 0 Å². The predicted octanol–water partition coefficient (Wildman–Crippen LogP) is 2.32. The maximum Gasteiger partial charge on any atom is 0.407 e. The highest BCUT2D eigenvalue weighted by atomic mass is 35.5. The van der Waals surface area contributed by atoms with Crippen molar-refractivity contribution < 1.29 is 15.0 Å². The molecule has 2 atom stereocenters. The molecule has 23 heavy (non-hydrogen) atoms. The summed E-state index contributed by atoms with van der Waals surface area (Å²) in [5, 5.41) is 20.0. The predicted molar refractivity (Wildman–Crippen MR) is 88.8 cm³/mol. The highest BCUT2D eigenvalue weighted by Crippen LogP contribution is 2.26. The summed E-state index contributed by atoms with van der Waals surface area (Å²) in [6, 6.07) is 7.98. The lowest BCUT2D eigenvalue weighted by molar-refractivity contribution is 0.0587. The Morgan fingerprint density at radius 1 is 1.17 bits per heavy atom. The molecule has 0 aromatic heterocycles. The van der Waals surface area contributed by atoms with Crippen LogP contribution >= 0.6 is 11.6 Å². The molecule has 0 radical (unpaired) electrons. The quantitative estimate of drug-likeness (QED) is 0.887. The van der Waals surface area contributed by atoms with Gasteiger partial charge in [-0.3, -0.25) is 4.90 Å². The average molecular weight is 339 g/mol. The number of aliphatic hydroxyl groups is 1. The number of β-amino-alcohol motifs (C(OH)–C–C–N with tert-alkyl or cyclic N) is 1. The van der Waals surface area contributed by atoms with Crippen LogP contribution in [0, 0.1) is 5.92 Å². The average Bonchev–Trinajstić information content (AvgIpc) is 2.93. The molecular formula is C17H23ClN2O3. The van der Waals surface area contributed by atoms with Gasteiger partial charge < -0.3 is 15.1 Å². The third-order valence-corrected chi connectivity index (χ3v) is 5.34. The maximum atomic E-state index is 11.0. The van der Waals surface area contributed by atoms with Crippen molar-refractivity contribution in [3.8, 4) is 0 Å². The van der Waals surface area contributed by atoms with E-state index in [1.54, 1.807) is 0 Å². The van der Waals surface area contributed by atoms with E-state index in [9.17, 15) is 9.90 Å². The molecule has 1 aromatic rings. The van der Waals surface area contributed by atoms with Crippen molar-refractivity contribution >= 4 is 17.7 Å². The first-order valence-electron chi connectivity index (χ1n) is 8.17. The fourth-order valence-electron chi connectivity index (χ4n) is 3.73. The third kappa shape index (κ3) is 3.97. The van der Waals surface area contributed by atoms with Gasteiger partial charge in [-0.05, 0) is 56.0 Å². The smallest absolute Gasteiger partial charge is 0.407 e. The number of amides is 1. The molecule has 0 bridgehead atoms. The van der Waals surface area contributed by atoms with Crippen molar-refractivity contribution in [2.75, 3.05) is 26.2 Å². The lowest BCUT2D eigenvalue weighted by atomic mass is 9.89. The third-order valence-electron chi connectivity index (χ3n) is 5.09. The Morgan fingerprint density at radius 2 is 1.83 bits per heavy atom. The van der Waals surface area contributed by atoms with Gasteiger partial charge in [0.15, 0.2) is 0 Å². The second kappa shape index (κ2) is 7.07. The first-order chi connectivity index (χ1) is 11.0. The van der Waals surface area contributed by atoms with Crippen LogP contribution in [0.5, 0.6) is 0 Å². The van der Waals surface area contributed by atoms with Crippen LogP contribution in [0.25, 0.3) is 0 Å². The van der Waals surface area contributed by atoms with E-state index in [4.69, 9.17) is 16.7 Å². The fourth-order valence-corrected chi connectivity index (χ4v) is 3.85. The topological polar surface area (TPSA) is 64.0 Å². The number of likely N-dealkylation sites (tertiary alicyclic amines) is 2. The van der Waals surface area contributed by atoms with Gasteiger partial charge in [0, 0.05) is 11.6 Å². The largest absolute Gasteiger partial charge is 0.465 e. The van der Waals surface area contributed by atoms with E-state index in [0.29, 0.717) is 12.5 Å². The molecule has 2 aliphatic rings. The minimum Gasteiger partial charge on any atom is -0.465 e. The molecule has 2 saturated heterocycles. The number of rotatable bonds is 3. The van der Waals surface area contributed by atoms with Gasteiger partial charge in [-0.1, -0.05) is 23.7 Å². The van der Waals surface area contributed by atoms with Crippen LogP contribution < -0.4 is 0 Å². The van der Waals surface area contributed by atoms with Crippen LogP contribution in [0.4, 0.5) is 4.79 Å². The zero-order valence-electron chi connectivity index (χ0n) is 13.1.